The van der Waals surface area contributed by atoms with E-state index >= 15 is 0 Å². The zero-order valence-electron chi connectivity index (χ0n) is 11.3. The standard InChI is InChI=1S/C15H21N3O/c1-2-15-17-13-9-10(16)3-8-14(13)18(15)11-4-6-12(19)7-5-11/h3,8-9,11-12,19H,2,4-7,16H2,1H3. The van der Waals surface area contributed by atoms with Gasteiger partial charge in [0.05, 0.1) is 17.1 Å². The van der Waals surface area contributed by atoms with E-state index in [0.717, 1.165) is 49.1 Å². The van der Waals surface area contributed by atoms with Crippen LogP contribution in [0.3, 0.4) is 0 Å². The van der Waals surface area contributed by atoms with E-state index in [0.29, 0.717) is 6.04 Å². The third-order valence-corrected chi connectivity index (χ3v) is 4.13. The highest BCUT2D eigenvalue weighted by molar-refractivity contribution is 5.79. The van der Waals surface area contributed by atoms with Gasteiger partial charge in [0.2, 0.25) is 0 Å². The number of hydrogen-bond acceptors (Lipinski definition) is 3. The molecule has 0 amide bonds. The van der Waals surface area contributed by atoms with E-state index in [1.165, 1.54) is 5.52 Å². The quantitative estimate of drug-likeness (QED) is 0.815. The second-order valence-corrected chi connectivity index (χ2v) is 5.46. The molecule has 2 aromatic rings. The lowest BCUT2D eigenvalue weighted by molar-refractivity contribution is 0.111. The average Bonchev–Trinajstić information content (AvgIpc) is 2.77. The highest BCUT2D eigenvalue weighted by Crippen LogP contribution is 2.33. The number of nitrogens with two attached hydrogens (primary N) is 1. The van der Waals surface area contributed by atoms with Crippen LogP contribution in [-0.2, 0) is 6.42 Å². The first kappa shape index (κ1) is 12.5. The zero-order valence-corrected chi connectivity index (χ0v) is 11.3. The van der Waals surface area contributed by atoms with Crippen molar-refractivity contribution in [1.82, 2.24) is 9.55 Å². The predicted molar refractivity (Wildman–Crippen MR) is 77.0 cm³/mol. The molecule has 1 fully saturated rings. The van der Waals surface area contributed by atoms with Gasteiger partial charge >= 0.3 is 0 Å². The Labute approximate surface area is 113 Å². The van der Waals surface area contributed by atoms with Gasteiger partial charge in [-0.05, 0) is 43.9 Å². The summed E-state index contributed by atoms with van der Waals surface area (Å²) in [4.78, 5) is 4.71. The van der Waals surface area contributed by atoms with Gasteiger partial charge in [0.1, 0.15) is 5.82 Å². The third kappa shape index (κ3) is 2.21. The van der Waals surface area contributed by atoms with Crippen molar-refractivity contribution < 1.29 is 5.11 Å². The number of imidazole rings is 1. The SMILES string of the molecule is CCc1nc2cc(N)ccc2n1C1CCC(O)CC1. The first-order chi connectivity index (χ1) is 9.19. The summed E-state index contributed by atoms with van der Waals surface area (Å²) in [5.74, 6) is 1.13. The Kier molecular flexibility index (Phi) is 3.19. The van der Waals surface area contributed by atoms with Gasteiger partial charge in [-0.15, -0.1) is 0 Å². The van der Waals surface area contributed by atoms with Crippen LogP contribution in [0, 0.1) is 0 Å². The molecular formula is C15H21N3O. The number of aryl methyl sites for hydroxylation is 1. The number of rotatable bonds is 2. The number of anilines is 1. The van der Waals surface area contributed by atoms with E-state index < -0.39 is 0 Å². The summed E-state index contributed by atoms with van der Waals surface area (Å²) in [6.07, 6.45) is 4.65. The van der Waals surface area contributed by atoms with E-state index in [1.54, 1.807) is 0 Å². The molecule has 1 aromatic heterocycles. The van der Waals surface area contributed by atoms with Crippen molar-refractivity contribution in [2.45, 2.75) is 51.2 Å². The number of aliphatic hydroxyl groups excluding tert-OH is 1. The highest BCUT2D eigenvalue weighted by Gasteiger charge is 2.24. The van der Waals surface area contributed by atoms with Crippen molar-refractivity contribution in [2.75, 3.05) is 5.73 Å². The van der Waals surface area contributed by atoms with Gasteiger partial charge in [0.25, 0.3) is 0 Å². The molecule has 0 atom stereocenters. The van der Waals surface area contributed by atoms with Gasteiger partial charge in [-0.3, -0.25) is 0 Å². The second-order valence-electron chi connectivity index (χ2n) is 5.46. The van der Waals surface area contributed by atoms with E-state index in [2.05, 4.69) is 17.6 Å². The van der Waals surface area contributed by atoms with Crippen LogP contribution in [0.25, 0.3) is 11.0 Å². The fraction of sp³-hybridized carbons (Fsp3) is 0.533. The Morgan fingerprint density at radius 3 is 2.74 bits per heavy atom. The number of nitrogens with zero attached hydrogens (tertiary/aromatic N) is 2. The third-order valence-electron chi connectivity index (χ3n) is 4.13. The van der Waals surface area contributed by atoms with E-state index in [4.69, 9.17) is 10.7 Å². The monoisotopic (exact) mass is 259 g/mol. The van der Waals surface area contributed by atoms with E-state index in [1.807, 2.05) is 12.1 Å². The molecule has 0 unspecified atom stereocenters. The maximum Gasteiger partial charge on any atom is 0.109 e. The maximum absolute atomic E-state index is 9.66. The molecule has 19 heavy (non-hydrogen) atoms. The molecule has 1 saturated carbocycles. The Morgan fingerprint density at radius 2 is 2.05 bits per heavy atom. The molecule has 0 bridgehead atoms. The average molecular weight is 259 g/mol. The molecule has 0 radical (unpaired) electrons. The van der Waals surface area contributed by atoms with Crippen LogP contribution < -0.4 is 5.73 Å². The van der Waals surface area contributed by atoms with Crippen LogP contribution in [-0.4, -0.2) is 20.8 Å². The molecule has 1 aliphatic rings. The van der Waals surface area contributed by atoms with Gasteiger partial charge < -0.3 is 15.4 Å². The molecule has 0 aliphatic heterocycles. The minimum atomic E-state index is -0.119. The maximum atomic E-state index is 9.66. The minimum Gasteiger partial charge on any atom is -0.399 e. The van der Waals surface area contributed by atoms with Crippen molar-refractivity contribution in [3.8, 4) is 0 Å². The number of benzene rings is 1. The molecule has 4 heteroatoms. The smallest absolute Gasteiger partial charge is 0.109 e. The lowest BCUT2D eigenvalue weighted by atomic mass is 9.92. The van der Waals surface area contributed by atoms with Crippen LogP contribution in [0.1, 0.15) is 44.5 Å². The summed E-state index contributed by atoms with van der Waals surface area (Å²) in [6, 6.07) is 6.43. The summed E-state index contributed by atoms with van der Waals surface area (Å²) in [7, 11) is 0. The first-order valence-electron chi connectivity index (χ1n) is 7.13. The van der Waals surface area contributed by atoms with Crippen molar-refractivity contribution in [3.63, 3.8) is 0 Å². The molecule has 102 valence electrons. The molecule has 1 aromatic carbocycles. The first-order valence-corrected chi connectivity index (χ1v) is 7.13. The van der Waals surface area contributed by atoms with Gasteiger partial charge in [-0.2, -0.15) is 0 Å². The largest absolute Gasteiger partial charge is 0.399 e. The number of hydrogen-bond donors (Lipinski definition) is 2. The van der Waals surface area contributed by atoms with Crippen LogP contribution in [0.4, 0.5) is 5.69 Å². The summed E-state index contributed by atoms with van der Waals surface area (Å²) < 4.78 is 2.36. The number of aliphatic hydroxyl groups is 1. The van der Waals surface area contributed by atoms with Crippen LogP contribution >= 0.6 is 0 Å². The van der Waals surface area contributed by atoms with Crippen molar-refractivity contribution in [3.05, 3.63) is 24.0 Å². The van der Waals surface area contributed by atoms with Gasteiger partial charge in [0.15, 0.2) is 0 Å². The topological polar surface area (TPSA) is 64.1 Å². The predicted octanol–water partition coefficient (Wildman–Crippen LogP) is 2.66. The lowest BCUT2D eigenvalue weighted by Gasteiger charge is -2.28. The molecule has 0 saturated heterocycles. The van der Waals surface area contributed by atoms with Crippen molar-refractivity contribution in [1.29, 1.82) is 0 Å². The number of aromatic nitrogens is 2. The van der Waals surface area contributed by atoms with Crippen LogP contribution in [0.15, 0.2) is 18.2 Å². The summed E-state index contributed by atoms with van der Waals surface area (Å²) in [5, 5.41) is 9.66. The molecule has 4 nitrogen and oxygen atoms in total. The van der Waals surface area contributed by atoms with E-state index in [9.17, 15) is 5.11 Å². The lowest BCUT2D eigenvalue weighted by Crippen LogP contribution is -2.22. The fourth-order valence-corrected chi connectivity index (χ4v) is 3.14. The zero-order chi connectivity index (χ0) is 13.4. The molecule has 3 rings (SSSR count). The number of nitrogen functional groups attached to an aromatic ring is 1. The van der Waals surface area contributed by atoms with Crippen molar-refractivity contribution in [2.24, 2.45) is 0 Å². The molecule has 3 N–H and O–H groups in total. The van der Waals surface area contributed by atoms with Gasteiger partial charge in [-0.1, -0.05) is 6.92 Å². The molecular weight excluding hydrogens is 238 g/mol. The Morgan fingerprint density at radius 1 is 1.32 bits per heavy atom. The van der Waals surface area contributed by atoms with Gasteiger partial charge in [-0.25, -0.2) is 4.98 Å². The fourth-order valence-electron chi connectivity index (χ4n) is 3.14. The molecule has 1 heterocycles. The summed E-state index contributed by atoms with van der Waals surface area (Å²) in [5.41, 5.74) is 8.76. The number of fused-ring (bicyclic) bond motifs is 1. The molecule has 1 aliphatic carbocycles. The molecule has 0 spiro atoms. The normalized spacial score (nSPS) is 23.9. The Balaban J connectivity index is 2.05. The Hall–Kier alpha value is -1.55. The second kappa shape index (κ2) is 4.85. The minimum absolute atomic E-state index is 0.119. The Bertz CT molecular complexity index is 582. The summed E-state index contributed by atoms with van der Waals surface area (Å²) in [6.45, 7) is 2.14. The van der Waals surface area contributed by atoms with Crippen LogP contribution in [0.2, 0.25) is 0 Å². The van der Waals surface area contributed by atoms with Crippen LogP contribution in [0.5, 0.6) is 0 Å². The van der Waals surface area contributed by atoms with E-state index in [-0.39, 0.29) is 6.10 Å². The highest BCUT2D eigenvalue weighted by atomic mass is 16.3. The van der Waals surface area contributed by atoms with Gasteiger partial charge in [0, 0.05) is 18.2 Å². The van der Waals surface area contributed by atoms with Crippen molar-refractivity contribution >= 4 is 16.7 Å². The summed E-state index contributed by atoms with van der Waals surface area (Å²) >= 11 is 0.